The molecule has 0 saturated carbocycles. The van der Waals surface area contributed by atoms with Crippen molar-refractivity contribution in [1.29, 1.82) is 0 Å². The molecule has 0 fully saturated rings. The van der Waals surface area contributed by atoms with Crippen molar-refractivity contribution in [2.24, 2.45) is 0 Å². The van der Waals surface area contributed by atoms with Crippen LogP contribution in [0.5, 0.6) is 0 Å². The van der Waals surface area contributed by atoms with Crippen molar-refractivity contribution in [2.75, 3.05) is 13.2 Å². The first-order valence-corrected chi connectivity index (χ1v) is 30.7. The van der Waals surface area contributed by atoms with Crippen LogP contribution in [-0.2, 0) is 28.6 Å². The van der Waals surface area contributed by atoms with Crippen LogP contribution in [0.1, 0.15) is 265 Å². The molecule has 0 saturated heterocycles. The molecular weight excluding hydrogens is 925 g/mol. The molecule has 0 aromatic heterocycles. The van der Waals surface area contributed by atoms with E-state index in [2.05, 4.69) is 154 Å². The third-order valence-corrected chi connectivity index (χ3v) is 12.6. The Hall–Kier alpha value is -4.45. The van der Waals surface area contributed by atoms with Crippen LogP contribution >= 0.6 is 0 Å². The van der Waals surface area contributed by atoms with Crippen LogP contribution in [0.3, 0.4) is 0 Å². The van der Waals surface area contributed by atoms with Crippen molar-refractivity contribution in [3.05, 3.63) is 134 Å². The van der Waals surface area contributed by atoms with Gasteiger partial charge in [0.05, 0.1) is 0 Å². The summed E-state index contributed by atoms with van der Waals surface area (Å²) in [6.45, 7) is 6.35. The van der Waals surface area contributed by atoms with Gasteiger partial charge in [0.25, 0.3) is 0 Å². The normalized spacial score (nSPS) is 13.1. The van der Waals surface area contributed by atoms with Gasteiger partial charge >= 0.3 is 17.9 Å². The van der Waals surface area contributed by atoms with Crippen molar-refractivity contribution in [3.8, 4) is 0 Å². The molecule has 0 bridgehead atoms. The molecule has 75 heavy (non-hydrogen) atoms. The maximum Gasteiger partial charge on any atom is 0.306 e. The fourth-order valence-electron chi connectivity index (χ4n) is 8.08. The molecular formula is C69H112O6. The van der Waals surface area contributed by atoms with Crippen molar-refractivity contribution < 1.29 is 28.6 Å². The van der Waals surface area contributed by atoms with E-state index in [-0.39, 0.29) is 31.1 Å². The van der Waals surface area contributed by atoms with E-state index in [0.717, 1.165) is 161 Å². The second-order valence-corrected chi connectivity index (χ2v) is 19.8. The second kappa shape index (κ2) is 62.1. The van der Waals surface area contributed by atoms with Gasteiger partial charge < -0.3 is 14.2 Å². The van der Waals surface area contributed by atoms with Crippen LogP contribution in [0, 0.1) is 0 Å². The fraction of sp³-hybridized carbons (Fsp3) is 0.638. The van der Waals surface area contributed by atoms with Gasteiger partial charge in [0.15, 0.2) is 6.10 Å². The Balaban J connectivity index is 4.42. The Morgan fingerprint density at radius 1 is 0.280 bits per heavy atom. The number of rotatable bonds is 54. The summed E-state index contributed by atoms with van der Waals surface area (Å²) in [5, 5.41) is 0. The molecule has 1 unspecified atom stereocenters. The molecule has 6 nitrogen and oxygen atoms in total. The van der Waals surface area contributed by atoms with Crippen LogP contribution < -0.4 is 0 Å². The summed E-state index contributed by atoms with van der Waals surface area (Å²) in [5.74, 6) is -0.944. The number of ether oxygens (including phenoxy) is 3. The number of carbonyl (C=O) groups excluding carboxylic acids is 3. The van der Waals surface area contributed by atoms with Crippen molar-refractivity contribution in [2.45, 2.75) is 271 Å². The minimum Gasteiger partial charge on any atom is -0.462 e. The maximum atomic E-state index is 12.9. The van der Waals surface area contributed by atoms with Gasteiger partial charge in [-0.3, -0.25) is 14.4 Å². The fourth-order valence-corrected chi connectivity index (χ4v) is 8.08. The highest BCUT2D eigenvalue weighted by molar-refractivity contribution is 5.71. The molecule has 0 heterocycles. The SMILES string of the molecule is CC/C=C\C/C=C\C/C=C\C/C=C\C/C=C\CCCCCCCCCCCC(=O)OCC(COC(=O)CCCCCCC/C=C\C/C=C\CCCCC)OC(=O)CCCCCC/C=C\C/C=C\C/C=C\C/C=C\CC. The number of esters is 3. The molecule has 0 N–H and O–H groups in total. The zero-order valence-corrected chi connectivity index (χ0v) is 48.5. The zero-order valence-electron chi connectivity index (χ0n) is 48.5. The zero-order chi connectivity index (χ0) is 54.3. The van der Waals surface area contributed by atoms with E-state index in [1.807, 2.05) is 0 Å². The van der Waals surface area contributed by atoms with E-state index in [0.29, 0.717) is 19.3 Å². The predicted octanol–water partition coefficient (Wildman–Crippen LogP) is 21.0. The van der Waals surface area contributed by atoms with Gasteiger partial charge in [0.2, 0.25) is 0 Å². The summed E-state index contributed by atoms with van der Waals surface area (Å²) >= 11 is 0. The number of unbranched alkanes of at least 4 members (excludes halogenated alkanes) is 21. The number of allylic oxidation sites excluding steroid dienone is 22. The van der Waals surface area contributed by atoms with Gasteiger partial charge in [-0.2, -0.15) is 0 Å². The topological polar surface area (TPSA) is 78.9 Å². The maximum absolute atomic E-state index is 12.9. The Labute approximate surface area is 462 Å². The summed E-state index contributed by atoms with van der Waals surface area (Å²) in [6, 6.07) is 0. The number of hydrogen-bond donors (Lipinski definition) is 0. The molecule has 0 aromatic rings. The largest absolute Gasteiger partial charge is 0.462 e. The molecule has 0 rings (SSSR count). The lowest BCUT2D eigenvalue weighted by atomic mass is 10.1. The van der Waals surface area contributed by atoms with Crippen molar-refractivity contribution >= 4 is 17.9 Å². The third kappa shape index (κ3) is 60.3. The standard InChI is InChI=1S/C69H112O6/c1-4-7-10-13-16-19-22-25-28-30-31-32-33-34-35-36-37-39-41-44-47-50-53-56-59-62-68(71)74-65-66(64-73-67(70)61-58-55-52-49-46-43-40-27-24-21-18-15-12-9-6-3)75-69(72)63-60-57-54-51-48-45-42-38-29-26-23-20-17-14-11-8-5-2/h7-8,10-11,16-21,25-29,31-32,34-35,40,42,45,66H,4-6,9,12-15,22-24,30,33,36-39,41,43-44,46-65H2,1-3H3/b10-7-,11-8-,19-16-,20-17-,21-18-,28-25-,29-26-,32-31-,35-34-,40-27-,45-42-. The Morgan fingerprint density at radius 3 is 0.813 bits per heavy atom. The van der Waals surface area contributed by atoms with Crippen LogP contribution in [0.15, 0.2) is 134 Å². The minimum atomic E-state index is -0.805. The lowest BCUT2D eigenvalue weighted by molar-refractivity contribution is -0.167. The molecule has 0 amide bonds. The summed E-state index contributed by atoms with van der Waals surface area (Å²) in [4.78, 5) is 38.3. The van der Waals surface area contributed by atoms with Gasteiger partial charge in [-0.1, -0.05) is 244 Å². The van der Waals surface area contributed by atoms with E-state index >= 15 is 0 Å². The Bertz CT molecular complexity index is 1620. The Morgan fingerprint density at radius 2 is 0.520 bits per heavy atom. The highest BCUT2D eigenvalue weighted by Gasteiger charge is 2.19. The summed E-state index contributed by atoms with van der Waals surface area (Å²) in [7, 11) is 0. The molecule has 0 aromatic carbocycles. The average Bonchev–Trinajstić information content (AvgIpc) is 3.41. The summed E-state index contributed by atoms with van der Waals surface area (Å²) < 4.78 is 16.9. The molecule has 0 spiro atoms. The molecule has 1 atom stereocenters. The molecule has 424 valence electrons. The Kier molecular flexibility index (Phi) is 58.4. The van der Waals surface area contributed by atoms with Gasteiger partial charge in [-0.25, -0.2) is 0 Å². The lowest BCUT2D eigenvalue weighted by Gasteiger charge is -2.18. The first-order chi connectivity index (χ1) is 37.0. The monoisotopic (exact) mass is 1040 g/mol. The predicted molar refractivity (Wildman–Crippen MR) is 325 cm³/mol. The minimum absolute atomic E-state index is 0.0997. The van der Waals surface area contributed by atoms with Crippen LogP contribution in [-0.4, -0.2) is 37.2 Å². The summed E-state index contributed by atoms with van der Waals surface area (Å²) in [5.41, 5.74) is 0. The first-order valence-electron chi connectivity index (χ1n) is 30.7. The lowest BCUT2D eigenvalue weighted by Crippen LogP contribution is -2.30. The van der Waals surface area contributed by atoms with E-state index in [4.69, 9.17) is 14.2 Å². The van der Waals surface area contributed by atoms with Gasteiger partial charge in [0.1, 0.15) is 13.2 Å². The highest BCUT2D eigenvalue weighted by atomic mass is 16.6. The first kappa shape index (κ1) is 70.5. The number of hydrogen-bond acceptors (Lipinski definition) is 6. The molecule has 0 aliphatic heterocycles. The second-order valence-electron chi connectivity index (χ2n) is 19.8. The van der Waals surface area contributed by atoms with Crippen LogP contribution in [0.2, 0.25) is 0 Å². The van der Waals surface area contributed by atoms with Crippen molar-refractivity contribution in [3.63, 3.8) is 0 Å². The quantitative estimate of drug-likeness (QED) is 0.0261. The van der Waals surface area contributed by atoms with Crippen molar-refractivity contribution in [1.82, 2.24) is 0 Å². The van der Waals surface area contributed by atoms with E-state index in [1.54, 1.807) is 0 Å². The number of carbonyl (C=O) groups is 3. The van der Waals surface area contributed by atoms with Gasteiger partial charge in [-0.15, -0.1) is 0 Å². The smallest absolute Gasteiger partial charge is 0.306 e. The van der Waals surface area contributed by atoms with E-state index in [9.17, 15) is 14.4 Å². The van der Waals surface area contributed by atoms with Crippen LogP contribution in [0.25, 0.3) is 0 Å². The third-order valence-electron chi connectivity index (χ3n) is 12.6. The molecule has 0 aliphatic rings. The van der Waals surface area contributed by atoms with Gasteiger partial charge in [0, 0.05) is 19.3 Å². The molecule has 6 heteroatoms. The average molecular weight is 1040 g/mol. The molecule has 0 aliphatic carbocycles. The molecule has 0 radical (unpaired) electrons. The van der Waals surface area contributed by atoms with Crippen LogP contribution in [0.4, 0.5) is 0 Å². The highest BCUT2D eigenvalue weighted by Crippen LogP contribution is 2.14. The summed E-state index contributed by atoms with van der Waals surface area (Å²) in [6.07, 6.45) is 87.3. The van der Waals surface area contributed by atoms with E-state index < -0.39 is 6.10 Å². The van der Waals surface area contributed by atoms with E-state index in [1.165, 1.54) is 64.2 Å². The van der Waals surface area contributed by atoms with Gasteiger partial charge in [-0.05, 0) is 135 Å².